The molecule has 0 atom stereocenters. The van der Waals surface area contributed by atoms with Crippen molar-refractivity contribution in [2.45, 2.75) is 31.7 Å². The number of likely N-dealkylation sites (tertiary alicyclic amines) is 1. The van der Waals surface area contributed by atoms with Crippen LogP contribution in [0.4, 0.5) is 13.2 Å². The Bertz CT molecular complexity index is 474. The van der Waals surface area contributed by atoms with Crippen LogP contribution in [0.1, 0.15) is 26.2 Å². The third kappa shape index (κ3) is 18.2. The Balaban J connectivity index is -0.000000242. The van der Waals surface area contributed by atoms with Crippen LogP contribution in [-0.2, 0) is 20.2 Å². The fraction of sp³-hybridized carbons (Fsp3) is 1.00. The summed E-state index contributed by atoms with van der Waals surface area (Å²) in [5.74, 6) is -0.132. The summed E-state index contributed by atoms with van der Waals surface area (Å²) in [6, 6.07) is 0. The van der Waals surface area contributed by atoms with Gasteiger partial charge in [-0.05, 0) is 39.4 Å². The van der Waals surface area contributed by atoms with Gasteiger partial charge in [0.1, 0.15) is 0 Å². The van der Waals surface area contributed by atoms with E-state index in [1.165, 1.54) is 25.9 Å². The number of rotatable bonds is 2. The van der Waals surface area contributed by atoms with Gasteiger partial charge >= 0.3 is 24.4 Å². The van der Waals surface area contributed by atoms with E-state index >= 15 is 0 Å². The van der Waals surface area contributed by atoms with Gasteiger partial charge in [-0.3, -0.25) is 4.55 Å². The molecule has 0 spiro atoms. The molecule has 1 rings (SSSR count). The van der Waals surface area contributed by atoms with Gasteiger partial charge in [0.15, 0.2) is 10.1 Å². The summed E-state index contributed by atoms with van der Waals surface area (Å²) in [5.41, 5.74) is -5.65. The molecule has 0 amide bonds. The Labute approximate surface area is 140 Å². The average molecular weight is 365 g/mol. The summed E-state index contributed by atoms with van der Waals surface area (Å²) in [4.78, 5) is 2.36. The van der Waals surface area contributed by atoms with Crippen molar-refractivity contribution >= 4 is 20.2 Å². The first kappa shape index (κ1) is 27.0. The number of alkyl halides is 3. The van der Waals surface area contributed by atoms with Gasteiger partial charge in [0.2, 0.25) is 0 Å². The molecule has 0 radical (unpaired) electrons. The maximum atomic E-state index is 10.7. The van der Waals surface area contributed by atoms with Crippen LogP contribution in [0.25, 0.3) is 0 Å². The molecule has 7 nitrogen and oxygen atoms in total. The zero-order valence-electron chi connectivity index (χ0n) is 12.6. The Hall–Kier alpha value is 0.167. The van der Waals surface area contributed by atoms with E-state index in [0.29, 0.717) is 6.42 Å². The summed E-state index contributed by atoms with van der Waals surface area (Å²) in [6.45, 7) is 4.33. The number of hydrogen-bond acceptors (Lipinski definition) is 6. The summed E-state index contributed by atoms with van der Waals surface area (Å²) in [6.07, 6.45) is 3.30. The van der Waals surface area contributed by atoms with E-state index in [0.717, 1.165) is 0 Å². The fourth-order valence-corrected chi connectivity index (χ4v) is 1.65. The summed E-state index contributed by atoms with van der Waals surface area (Å²) in [5, 5.41) is 0. The molecule has 0 bridgehead atoms. The number of hydrogen-bond donors (Lipinski definition) is 1. The van der Waals surface area contributed by atoms with Crippen LogP contribution in [0, 0.1) is 0 Å². The molecule has 22 heavy (non-hydrogen) atoms. The largest absolute Gasteiger partial charge is 1.00 e. The van der Waals surface area contributed by atoms with Crippen molar-refractivity contribution < 1.29 is 58.0 Å². The minimum atomic E-state index is -6.09. The van der Waals surface area contributed by atoms with Gasteiger partial charge < -0.3 is 9.45 Å². The molecule has 1 aliphatic heterocycles. The summed E-state index contributed by atoms with van der Waals surface area (Å²) in [7, 11) is -7.59. The zero-order valence-corrected chi connectivity index (χ0v) is 14.3. The molecule has 13 heteroatoms. The molecule has 1 N–H and O–H groups in total. The van der Waals surface area contributed by atoms with Crippen molar-refractivity contribution in [2.24, 2.45) is 0 Å². The van der Waals surface area contributed by atoms with E-state index in [-0.39, 0.29) is 24.6 Å². The van der Waals surface area contributed by atoms with Crippen molar-refractivity contribution in [2.75, 3.05) is 25.9 Å². The molecular weight excluding hydrogens is 346 g/mol. The quantitative estimate of drug-likeness (QED) is 0.344. The van der Waals surface area contributed by atoms with Crippen LogP contribution < -0.4 is 18.9 Å². The van der Waals surface area contributed by atoms with E-state index in [1.807, 2.05) is 0 Å². The Morgan fingerprint density at radius 3 is 1.50 bits per heavy atom. The summed E-state index contributed by atoms with van der Waals surface area (Å²) >= 11 is 0. The molecular formula is C9H19F3LiNO6S2. The monoisotopic (exact) mass is 365 g/mol. The van der Waals surface area contributed by atoms with Crippen molar-refractivity contribution in [3.8, 4) is 0 Å². The second kappa shape index (κ2) is 11.7. The first-order valence-electron chi connectivity index (χ1n) is 5.86. The van der Waals surface area contributed by atoms with Crippen LogP contribution in [0.3, 0.4) is 0 Å². The van der Waals surface area contributed by atoms with Crippen molar-refractivity contribution in [3.63, 3.8) is 0 Å². The van der Waals surface area contributed by atoms with Crippen molar-refractivity contribution in [3.05, 3.63) is 0 Å². The minimum Gasteiger partial charge on any atom is -0.741 e. The molecule has 0 aliphatic carbocycles. The van der Waals surface area contributed by atoms with Gasteiger partial charge in [0, 0.05) is 0 Å². The first-order chi connectivity index (χ1) is 9.20. The van der Waals surface area contributed by atoms with Crippen LogP contribution in [0.5, 0.6) is 0 Å². The number of nitrogens with zero attached hydrogens (tertiary/aromatic N) is 1. The Morgan fingerprint density at radius 1 is 1.14 bits per heavy atom. The maximum Gasteiger partial charge on any atom is 1.00 e. The van der Waals surface area contributed by atoms with Crippen LogP contribution in [0.15, 0.2) is 0 Å². The molecule has 130 valence electrons. The van der Waals surface area contributed by atoms with Gasteiger partial charge in [-0.25, -0.2) is 8.42 Å². The van der Waals surface area contributed by atoms with Gasteiger partial charge in [-0.15, -0.1) is 0 Å². The fourth-order valence-electron chi connectivity index (χ4n) is 1.13. The van der Waals surface area contributed by atoms with Crippen molar-refractivity contribution in [1.29, 1.82) is 0 Å². The van der Waals surface area contributed by atoms with Gasteiger partial charge in [0.05, 0.1) is 5.75 Å². The van der Waals surface area contributed by atoms with Gasteiger partial charge in [0.25, 0.3) is 10.1 Å². The number of halogens is 3. The maximum absolute atomic E-state index is 10.7. The van der Waals surface area contributed by atoms with E-state index in [2.05, 4.69) is 11.9 Å². The molecule has 0 aromatic heterocycles. The Kier molecular flexibility index (Phi) is 14.3. The van der Waals surface area contributed by atoms with Crippen LogP contribution >= 0.6 is 0 Å². The third-order valence-electron chi connectivity index (χ3n) is 2.08. The molecule has 0 aromatic carbocycles. The molecule has 0 saturated carbocycles. The van der Waals surface area contributed by atoms with Crippen LogP contribution in [0.2, 0.25) is 0 Å². The molecule has 1 aliphatic rings. The van der Waals surface area contributed by atoms with E-state index in [1.54, 1.807) is 6.92 Å². The predicted octanol–water partition coefficient (Wildman–Crippen LogP) is -1.95. The van der Waals surface area contributed by atoms with Crippen molar-refractivity contribution in [1.82, 2.24) is 4.90 Å². The smallest absolute Gasteiger partial charge is 0.741 e. The second-order valence-corrected chi connectivity index (χ2v) is 7.14. The topological polar surface area (TPSA) is 115 Å². The Morgan fingerprint density at radius 2 is 1.45 bits per heavy atom. The van der Waals surface area contributed by atoms with E-state index in [4.69, 9.17) is 17.5 Å². The molecule has 1 heterocycles. The van der Waals surface area contributed by atoms with Gasteiger partial charge in [-0.1, -0.05) is 6.92 Å². The first-order valence-corrected chi connectivity index (χ1v) is 8.88. The molecule has 0 aromatic rings. The summed E-state index contributed by atoms with van der Waals surface area (Å²) < 4.78 is 86.5. The van der Waals surface area contributed by atoms with E-state index in [9.17, 15) is 21.6 Å². The van der Waals surface area contributed by atoms with Crippen LogP contribution in [-0.4, -0.2) is 62.2 Å². The van der Waals surface area contributed by atoms with E-state index < -0.39 is 25.7 Å². The predicted molar refractivity (Wildman–Crippen MR) is 69.2 cm³/mol. The second-order valence-electron chi connectivity index (χ2n) is 4.20. The normalized spacial score (nSPS) is 15.8. The zero-order chi connectivity index (χ0) is 17.3. The molecule has 1 saturated heterocycles. The molecule has 1 fully saturated rings. The SMILES string of the molecule is CCCS(=O)(=O)O.CN1CCCC1.O=S(=O)([O-])C(F)(F)F.[Li+]. The third-order valence-corrected chi connectivity index (χ3v) is 3.57. The standard InChI is InChI=1S/C5H11N.C3H8O3S.CHF3O3S.Li/c1-6-4-2-3-5-6;1-2-3-7(4,5)6;2-1(3,4)8(5,6)7;/h2-5H2,1H3;2-3H2,1H3,(H,4,5,6);(H,5,6,7);/q;;;+1/p-1. The van der Waals surface area contributed by atoms with Gasteiger partial charge in [-0.2, -0.15) is 21.6 Å². The minimum absolute atomic E-state index is 0. The average Bonchev–Trinajstić information content (AvgIpc) is 2.65. The molecule has 0 unspecified atom stereocenters.